The Hall–Kier alpha value is -1.35. The van der Waals surface area contributed by atoms with Crippen LogP contribution in [0.5, 0.6) is 0 Å². The number of hydrogen-bond acceptors (Lipinski definition) is 3. The molecular formula is C13H18O3. The van der Waals surface area contributed by atoms with Crippen LogP contribution in [-0.2, 0) is 9.53 Å². The molecule has 3 nitrogen and oxygen atoms in total. The molecule has 3 heteroatoms. The zero-order valence-corrected chi connectivity index (χ0v) is 9.88. The highest BCUT2D eigenvalue weighted by Gasteiger charge is 2.31. The van der Waals surface area contributed by atoms with Gasteiger partial charge >= 0.3 is 5.97 Å². The van der Waals surface area contributed by atoms with Crippen molar-refractivity contribution in [2.24, 2.45) is 11.8 Å². The summed E-state index contributed by atoms with van der Waals surface area (Å²) in [5.41, 5.74) is 0.742. The molecule has 0 aromatic heterocycles. The minimum absolute atomic E-state index is 0.0302. The lowest BCUT2D eigenvalue weighted by molar-refractivity contribution is -0.152. The van der Waals surface area contributed by atoms with Gasteiger partial charge in [-0.2, -0.15) is 0 Å². The number of ether oxygens (including phenoxy) is 1. The monoisotopic (exact) mass is 222 g/mol. The summed E-state index contributed by atoms with van der Waals surface area (Å²) in [4.78, 5) is 11.6. The van der Waals surface area contributed by atoms with Gasteiger partial charge in [-0.15, -0.1) is 0 Å². The Morgan fingerprint density at radius 2 is 1.81 bits per heavy atom. The van der Waals surface area contributed by atoms with Crippen LogP contribution >= 0.6 is 0 Å². The number of carbonyl (C=O) groups is 1. The van der Waals surface area contributed by atoms with Crippen LogP contribution in [0, 0.1) is 11.8 Å². The van der Waals surface area contributed by atoms with Gasteiger partial charge in [-0.05, 0) is 11.5 Å². The van der Waals surface area contributed by atoms with Gasteiger partial charge < -0.3 is 9.84 Å². The summed E-state index contributed by atoms with van der Waals surface area (Å²) < 4.78 is 4.72. The molecule has 1 aromatic rings. The van der Waals surface area contributed by atoms with Crippen LogP contribution < -0.4 is 0 Å². The number of aliphatic hydroxyl groups is 1. The molecule has 0 radical (unpaired) electrons. The van der Waals surface area contributed by atoms with Crippen LogP contribution in [-0.4, -0.2) is 18.2 Å². The molecule has 0 aliphatic carbocycles. The van der Waals surface area contributed by atoms with Crippen LogP contribution in [0.25, 0.3) is 0 Å². The van der Waals surface area contributed by atoms with E-state index in [-0.39, 0.29) is 11.9 Å². The maximum atomic E-state index is 11.6. The molecule has 1 rings (SSSR count). The molecule has 0 saturated carbocycles. The van der Waals surface area contributed by atoms with Crippen molar-refractivity contribution in [1.29, 1.82) is 0 Å². The van der Waals surface area contributed by atoms with E-state index in [0.717, 1.165) is 5.56 Å². The molecule has 0 bridgehead atoms. The fraction of sp³-hybridized carbons (Fsp3) is 0.462. The van der Waals surface area contributed by atoms with E-state index in [9.17, 15) is 9.90 Å². The van der Waals surface area contributed by atoms with E-state index in [2.05, 4.69) is 0 Å². The Labute approximate surface area is 96.1 Å². The minimum atomic E-state index is -0.811. The van der Waals surface area contributed by atoms with Gasteiger partial charge in [0, 0.05) is 0 Å². The molecule has 0 unspecified atom stereocenters. The molecule has 0 heterocycles. The summed E-state index contributed by atoms with van der Waals surface area (Å²) in [5, 5.41) is 10.2. The summed E-state index contributed by atoms with van der Waals surface area (Å²) in [6.45, 7) is 3.79. The number of aliphatic hydroxyl groups excluding tert-OH is 1. The van der Waals surface area contributed by atoms with Crippen LogP contribution in [0.3, 0.4) is 0 Å². The van der Waals surface area contributed by atoms with E-state index in [4.69, 9.17) is 4.74 Å². The third kappa shape index (κ3) is 2.83. The van der Waals surface area contributed by atoms with Crippen LogP contribution in [0.2, 0.25) is 0 Å². The van der Waals surface area contributed by atoms with Crippen molar-refractivity contribution in [2.75, 3.05) is 7.11 Å². The lowest BCUT2D eigenvalue weighted by atomic mass is 9.86. The van der Waals surface area contributed by atoms with Crippen LogP contribution in [0.1, 0.15) is 25.5 Å². The van der Waals surface area contributed by atoms with Gasteiger partial charge in [-0.25, -0.2) is 0 Å². The van der Waals surface area contributed by atoms with E-state index >= 15 is 0 Å². The maximum absolute atomic E-state index is 11.6. The van der Waals surface area contributed by atoms with Crippen molar-refractivity contribution in [3.8, 4) is 0 Å². The third-order valence-electron chi connectivity index (χ3n) is 2.67. The first-order chi connectivity index (χ1) is 7.57. The van der Waals surface area contributed by atoms with Crippen molar-refractivity contribution < 1.29 is 14.6 Å². The highest BCUT2D eigenvalue weighted by molar-refractivity contribution is 5.73. The molecule has 16 heavy (non-hydrogen) atoms. The number of hydrogen-bond donors (Lipinski definition) is 1. The maximum Gasteiger partial charge on any atom is 0.311 e. The predicted molar refractivity (Wildman–Crippen MR) is 61.7 cm³/mol. The molecular weight excluding hydrogens is 204 g/mol. The average Bonchev–Trinajstić information content (AvgIpc) is 2.29. The van der Waals surface area contributed by atoms with Crippen LogP contribution in [0.4, 0.5) is 0 Å². The second kappa shape index (κ2) is 5.66. The minimum Gasteiger partial charge on any atom is -0.469 e. The highest BCUT2D eigenvalue weighted by atomic mass is 16.5. The Morgan fingerprint density at radius 1 is 1.25 bits per heavy atom. The lowest BCUT2D eigenvalue weighted by Crippen LogP contribution is -2.28. The fourth-order valence-electron chi connectivity index (χ4n) is 1.76. The Morgan fingerprint density at radius 3 is 2.25 bits per heavy atom. The molecule has 88 valence electrons. The summed E-state index contributed by atoms with van der Waals surface area (Å²) in [6.07, 6.45) is -0.811. The van der Waals surface area contributed by atoms with Gasteiger partial charge in [-0.1, -0.05) is 44.2 Å². The second-order valence-electron chi connectivity index (χ2n) is 4.15. The van der Waals surface area contributed by atoms with Crippen LogP contribution in [0.15, 0.2) is 30.3 Å². The van der Waals surface area contributed by atoms with E-state index in [1.54, 1.807) is 0 Å². The molecule has 0 amide bonds. The first-order valence-electron chi connectivity index (χ1n) is 5.38. The summed E-state index contributed by atoms with van der Waals surface area (Å²) in [7, 11) is 1.34. The highest BCUT2D eigenvalue weighted by Crippen LogP contribution is 2.28. The van der Waals surface area contributed by atoms with Gasteiger partial charge in [0.25, 0.3) is 0 Å². The molecule has 0 aliphatic rings. The number of esters is 1. The average molecular weight is 222 g/mol. The number of rotatable bonds is 4. The SMILES string of the molecule is COC(=O)[C@@H](C(C)C)[C@@H](O)c1ccccc1. The Kier molecular flexibility index (Phi) is 4.50. The number of carbonyl (C=O) groups excluding carboxylic acids is 1. The quantitative estimate of drug-likeness (QED) is 0.794. The number of benzene rings is 1. The summed E-state index contributed by atoms with van der Waals surface area (Å²) >= 11 is 0. The third-order valence-corrected chi connectivity index (χ3v) is 2.67. The van der Waals surface area contributed by atoms with E-state index in [0.29, 0.717) is 0 Å². The second-order valence-corrected chi connectivity index (χ2v) is 4.15. The molecule has 0 aliphatic heterocycles. The zero-order chi connectivity index (χ0) is 12.1. The van der Waals surface area contributed by atoms with E-state index in [1.807, 2.05) is 44.2 Å². The topological polar surface area (TPSA) is 46.5 Å². The van der Waals surface area contributed by atoms with Gasteiger partial charge in [0.1, 0.15) is 0 Å². The van der Waals surface area contributed by atoms with Crippen molar-refractivity contribution in [1.82, 2.24) is 0 Å². The summed E-state index contributed by atoms with van der Waals surface area (Å²) in [5.74, 6) is -0.860. The first-order valence-corrected chi connectivity index (χ1v) is 5.38. The lowest BCUT2D eigenvalue weighted by Gasteiger charge is -2.24. The normalized spacial score (nSPS) is 14.6. The van der Waals surface area contributed by atoms with Gasteiger partial charge in [0.2, 0.25) is 0 Å². The van der Waals surface area contributed by atoms with Crippen molar-refractivity contribution in [2.45, 2.75) is 20.0 Å². The predicted octanol–water partition coefficient (Wildman–Crippen LogP) is 2.17. The van der Waals surface area contributed by atoms with Crippen molar-refractivity contribution in [3.05, 3.63) is 35.9 Å². The van der Waals surface area contributed by atoms with E-state index in [1.165, 1.54) is 7.11 Å². The number of methoxy groups -OCH3 is 1. The smallest absolute Gasteiger partial charge is 0.311 e. The Balaban J connectivity index is 2.92. The zero-order valence-electron chi connectivity index (χ0n) is 9.88. The standard InChI is InChI=1S/C13H18O3/c1-9(2)11(13(15)16-3)12(14)10-7-5-4-6-8-10/h4-9,11-12,14H,1-3H3/t11-,12-/m0/s1. The van der Waals surface area contributed by atoms with Gasteiger partial charge in [0.15, 0.2) is 0 Å². The fourth-order valence-corrected chi connectivity index (χ4v) is 1.76. The molecule has 0 spiro atoms. The Bertz CT molecular complexity index is 332. The first kappa shape index (κ1) is 12.7. The molecule has 1 aromatic carbocycles. The molecule has 0 fully saturated rings. The van der Waals surface area contributed by atoms with Gasteiger partial charge in [-0.3, -0.25) is 4.79 Å². The van der Waals surface area contributed by atoms with Crippen molar-refractivity contribution in [3.63, 3.8) is 0 Å². The molecule has 1 N–H and O–H groups in total. The summed E-state index contributed by atoms with van der Waals surface area (Å²) in [6, 6.07) is 9.17. The molecule has 0 saturated heterocycles. The van der Waals surface area contributed by atoms with E-state index < -0.39 is 12.0 Å². The van der Waals surface area contributed by atoms with Crippen molar-refractivity contribution >= 4 is 5.97 Å². The molecule has 2 atom stereocenters. The largest absolute Gasteiger partial charge is 0.469 e. The van der Waals surface area contributed by atoms with Gasteiger partial charge in [0.05, 0.1) is 19.1 Å².